The van der Waals surface area contributed by atoms with Gasteiger partial charge in [0, 0.05) is 18.3 Å². The van der Waals surface area contributed by atoms with E-state index in [1.165, 1.54) is 56.9 Å². The van der Waals surface area contributed by atoms with Gasteiger partial charge in [0.2, 0.25) is 0 Å². The number of aromatic hydroxyl groups is 1. The van der Waals surface area contributed by atoms with Crippen LogP contribution in [0.4, 0.5) is 10.5 Å². The molecule has 2 aromatic rings. The summed E-state index contributed by atoms with van der Waals surface area (Å²) in [5.41, 5.74) is 5.01. The molecular formula is C37H58N2O2. The maximum Gasteiger partial charge on any atom is 0.322 e. The van der Waals surface area contributed by atoms with Gasteiger partial charge in [0.05, 0.1) is 0 Å². The van der Waals surface area contributed by atoms with Crippen molar-refractivity contribution >= 4 is 11.7 Å². The summed E-state index contributed by atoms with van der Waals surface area (Å²) in [5.74, 6) is 0.426. The molecule has 1 aliphatic carbocycles. The number of rotatable bonds is 11. The molecule has 0 unspecified atom stereocenters. The minimum absolute atomic E-state index is 0.0644. The largest absolute Gasteiger partial charge is 0.507 e. The fraction of sp³-hybridized carbons (Fsp3) is 0.649. The molecule has 228 valence electrons. The van der Waals surface area contributed by atoms with Crippen LogP contribution in [0.3, 0.4) is 0 Å². The zero-order valence-corrected chi connectivity index (χ0v) is 27.2. The SMILES string of the molecule is CCCCCCCN(C(=O)Nc1ccccc1CCc1cc(C(C)(C)C)c(O)c(C(C)(C)C)c1)C1CCCCCC1. The number of hydrogen-bond donors (Lipinski definition) is 2. The van der Waals surface area contributed by atoms with Crippen LogP contribution in [0.25, 0.3) is 0 Å². The molecule has 2 N–H and O–H groups in total. The van der Waals surface area contributed by atoms with Crippen LogP contribution in [0.15, 0.2) is 36.4 Å². The number of aryl methyl sites for hydroxylation is 2. The topological polar surface area (TPSA) is 52.6 Å². The van der Waals surface area contributed by atoms with Crippen molar-refractivity contribution in [3.63, 3.8) is 0 Å². The van der Waals surface area contributed by atoms with Crippen LogP contribution in [0.5, 0.6) is 5.75 Å². The molecule has 4 heteroatoms. The van der Waals surface area contributed by atoms with Crippen LogP contribution >= 0.6 is 0 Å². The highest BCUT2D eigenvalue weighted by Gasteiger charge is 2.27. The predicted molar refractivity (Wildman–Crippen MR) is 175 cm³/mol. The number of urea groups is 1. The lowest BCUT2D eigenvalue weighted by Crippen LogP contribution is -2.43. The summed E-state index contributed by atoms with van der Waals surface area (Å²) in [6, 6.07) is 13.1. The van der Waals surface area contributed by atoms with Gasteiger partial charge in [-0.05, 0) is 71.3 Å². The summed E-state index contributed by atoms with van der Waals surface area (Å²) in [6.07, 6.45) is 15.0. The second-order valence-electron chi connectivity index (χ2n) is 14.4. The average molecular weight is 563 g/mol. The summed E-state index contributed by atoms with van der Waals surface area (Å²) < 4.78 is 0. The van der Waals surface area contributed by atoms with E-state index in [9.17, 15) is 9.90 Å². The highest BCUT2D eigenvalue weighted by atomic mass is 16.3. The highest BCUT2D eigenvalue weighted by Crippen LogP contribution is 2.40. The van der Waals surface area contributed by atoms with Gasteiger partial charge in [-0.1, -0.05) is 130 Å². The fourth-order valence-corrected chi connectivity index (χ4v) is 6.21. The van der Waals surface area contributed by atoms with Crippen molar-refractivity contribution in [3.8, 4) is 5.75 Å². The second-order valence-corrected chi connectivity index (χ2v) is 14.4. The molecular weight excluding hydrogens is 504 g/mol. The maximum atomic E-state index is 13.8. The molecule has 3 rings (SSSR count). The molecule has 2 aromatic carbocycles. The Morgan fingerprint density at radius 2 is 1.44 bits per heavy atom. The zero-order chi connectivity index (χ0) is 30.0. The molecule has 0 saturated heterocycles. The van der Waals surface area contributed by atoms with Crippen molar-refractivity contribution in [1.82, 2.24) is 4.90 Å². The third-order valence-corrected chi connectivity index (χ3v) is 8.76. The van der Waals surface area contributed by atoms with E-state index in [4.69, 9.17) is 0 Å². The number of carbonyl (C=O) groups is 1. The molecule has 1 aliphatic rings. The monoisotopic (exact) mass is 562 g/mol. The molecule has 0 heterocycles. The highest BCUT2D eigenvalue weighted by molar-refractivity contribution is 5.90. The van der Waals surface area contributed by atoms with Crippen LogP contribution in [0, 0.1) is 0 Å². The molecule has 2 amide bonds. The van der Waals surface area contributed by atoms with Crippen LogP contribution < -0.4 is 5.32 Å². The van der Waals surface area contributed by atoms with E-state index in [-0.39, 0.29) is 16.9 Å². The molecule has 41 heavy (non-hydrogen) atoms. The average Bonchev–Trinajstić information content (AvgIpc) is 3.19. The number of phenolic OH excluding ortho intramolecular Hbond substituents is 1. The molecule has 0 aliphatic heterocycles. The zero-order valence-electron chi connectivity index (χ0n) is 27.2. The predicted octanol–water partition coefficient (Wildman–Crippen LogP) is 10.3. The van der Waals surface area contributed by atoms with Crippen molar-refractivity contribution in [3.05, 3.63) is 58.7 Å². The molecule has 0 spiro atoms. The lowest BCUT2D eigenvalue weighted by Gasteiger charge is -2.32. The van der Waals surface area contributed by atoms with Gasteiger partial charge >= 0.3 is 6.03 Å². The Kier molecular flexibility index (Phi) is 12.2. The molecule has 1 saturated carbocycles. The summed E-state index contributed by atoms with van der Waals surface area (Å²) in [7, 11) is 0. The van der Waals surface area contributed by atoms with Crippen molar-refractivity contribution in [2.75, 3.05) is 11.9 Å². The van der Waals surface area contributed by atoms with Crippen molar-refractivity contribution in [2.45, 2.75) is 149 Å². The van der Waals surface area contributed by atoms with Crippen LogP contribution in [-0.2, 0) is 23.7 Å². The van der Waals surface area contributed by atoms with E-state index >= 15 is 0 Å². The van der Waals surface area contributed by atoms with Gasteiger partial charge in [0.1, 0.15) is 5.75 Å². The first-order valence-electron chi connectivity index (χ1n) is 16.4. The lowest BCUT2D eigenvalue weighted by atomic mass is 9.78. The number of unbranched alkanes of at least 4 members (excludes halogenated alkanes) is 4. The smallest absolute Gasteiger partial charge is 0.322 e. The number of nitrogens with one attached hydrogen (secondary N) is 1. The number of para-hydroxylation sites is 1. The van der Waals surface area contributed by atoms with Crippen molar-refractivity contribution < 1.29 is 9.90 Å². The Morgan fingerprint density at radius 1 is 0.854 bits per heavy atom. The molecule has 0 bridgehead atoms. The number of carbonyl (C=O) groups excluding carboxylic acids is 1. The normalized spacial score (nSPS) is 15.0. The van der Waals surface area contributed by atoms with Gasteiger partial charge < -0.3 is 15.3 Å². The van der Waals surface area contributed by atoms with E-state index in [1.807, 2.05) is 6.07 Å². The van der Waals surface area contributed by atoms with Gasteiger partial charge in [0.25, 0.3) is 0 Å². The summed E-state index contributed by atoms with van der Waals surface area (Å²) in [5, 5.41) is 14.5. The first kappa shape index (κ1) is 33.0. The molecule has 0 radical (unpaired) electrons. The Morgan fingerprint density at radius 3 is 2.02 bits per heavy atom. The summed E-state index contributed by atoms with van der Waals surface area (Å²) >= 11 is 0. The molecule has 0 aromatic heterocycles. The summed E-state index contributed by atoms with van der Waals surface area (Å²) in [6.45, 7) is 16.1. The van der Waals surface area contributed by atoms with E-state index < -0.39 is 0 Å². The Bertz CT molecular complexity index is 1070. The number of phenols is 1. The first-order chi connectivity index (χ1) is 19.4. The number of anilines is 1. The third-order valence-electron chi connectivity index (χ3n) is 8.76. The number of nitrogens with zero attached hydrogens (tertiary/aromatic N) is 1. The van der Waals surface area contributed by atoms with E-state index in [2.05, 4.69) is 89.0 Å². The van der Waals surface area contributed by atoms with Crippen LogP contribution in [0.2, 0.25) is 0 Å². The quantitative estimate of drug-likeness (QED) is 0.211. The standard InChI is InChI=1S/C37H58N2O2/c1-8-9-10-13-18-25-39(30-20-14-11-12-15-21-30)35(41)38-33-22-17-16-19-29(33)24-23-28-26-31(36(2,3)4)34(40)32(27-28)37(5,6)7/h16-17,19,22,26-27,30,40H,8-15,18,20-21,23-25H2,1-7H3,(H,38,41). The Labute approximate surface area is 251 Å². The van der Waals surface area contributed by atoms with Gasteiger partial charge in [-0.3, -0.25) is 0 Å². The fourth-order valence-electron chi connectivity index (χ4n) is 6.21. The van der Waals surface area contributed by atoms with E-state index in [1.54, 1.807) is 0 Å². The number of benzene rings is 2. The van der Waals surface area contributed by atoms with Crippen molar-refractivity contribution in [1.29, 1.82) is 0 Å². The first-order valence-corrected chi connectivity index (χ1v) is 16.4. The van der Waals surface area contributed by atoms with E-state index in [0.29, 0.717) is 11.8 Å². The minimum Gasteiger partial charge on any atom is -0.507 e. The number of amides is 2. The molecule has 0 atom stereocenters. The lowest BCUT2D eigenvalue weighted by molar-refractivity contribution is 0.178. The second kappa shape index (κ2) is 15.1. The third kappa shape index (κ3) is 9.79. The molecule has 4 nitrogen and oxygen atoms in total. The van der Waals surface area contributed by atoms with Gasteiger partial charge in [0.15, 0.2) is 0 Å². The van der Waals surface area contributed by atoms with E-state index in [0.717, 1.165) is 61.0 Å². The van der Waals surface area contributed by atoms with Crippen molar-refractivity contribution in [2.24, 2.45) is 0 Å². The van der Waals surface area contributed by atoms with Crippen LogP contribution in [0.1, 0.15) is 141 Å². The number of hydrogen-bond acceptors (Lipinski definition) is 2. The Balaban J connectivity index is 1.78. The maximum absolute atomic E-state index is 13.8. The van der Waals surface area contributed by atoms with Gasteiger partial charge in [-0.25, -0.2) is 4.79 Å². The molecule has 1 fully saturated rings. The van der Waals surface area contributed by atoms with Crippen LogP contribution in [-0.4, -0.2) is 28.6 Å². The minimum atomic E-state index is -0.149. The van der Waals surface area contributed by atoms with Gasteiger partial charge in [-0.2, -0.15) is 0 Å². The Hall–Kier alpha value is -2.49. The summed E-state index contributed by atoms with van der Waals surface area (Å²) in [4.78, 5) is 16.0. The van der Waals surface area contributed by atoms with Gasteiger partial charge in [-0.15, -0.1) is 0 Å².